The molecule has 0 aromatic carbocycles. The molecule has 58 valence electrons. The lowest BCUT2D eigenvalue weighted by molar-refractivity contribution is 1.19. The number of hydrogen-bond donors (Lipinski definition) is 1. The van der Waals surface area contributed by atoms with Gasteiger partial charge in [0, 0.05) is 24.1 Å². The fourth-order valence-electron chi connectivity index (χ4n) is 1.05. The van der Waals surface area contributed by atoms with Gasteiger partial charge in [-0.3, -0.25) is 0 Å². The third kappa shape index (κ3) is 0.883. The number of nitriles is 1. The van der Waals surface area contributed by atoms with Crippen molar-refractivity contribution in [3.63, 3.8) is 0 Å². The van der Waals surface area contributed by atoms with Crippen LogP contribution in [-0.4, -0.2) is 9.38 Å². The van der Waals surface area contributed by atoms with Crippen LogP contribution in [-0.2, 0) is 0 Å². The summed E-state index contributed by atoms with van der Waals surface area (Å²) in [5.74, 6) is 0. The van der Waals surface area contributed by atoms with E-state index in [0.29, 0.717) is 17.0 Å². The molecular weight excluding hydrogens is 152 g/mol. The summed E-state index contributed by atoms with van der Waals surface area (Å²) in [6, 6.07) is 5.45. The number of imidazole rings is 1. The van der Waals surface area contributed by atoms with E-state index in [9.17, 15) is 0 Å². The summed E-state index contributed by atoms with van der Waals surface area (Å²) in [4.78, 5) is 4.01. The number of aromatic nitrogens is 2. The number of nitrogens with zero attached hydrogens (tertiary/aromatic N) is 3. The SMILES string of the molecule is N#Cc1cn2ccc(N)cc2n1. The molecule has 0 aliphatic carbocycles. The summed E-state index contributed by atoms with van der Waals surface area (Å²) >= 11 is 0. The summed E-state index contributed by atoms with van der Waals surface area (Å²) in [7, 11) is 0. The van der Waals surface area contributed by atoms with Gasteiger partial charge in [0.15, 0.2) is 5.69 Å². The van der Waals surface area contributed by atoms with Crippen LogP contribution in [0.1, 0.15) is 5.69 Å². The summed E-state index contributed by atoms with van der Waals surface area (Å²) in [6.45, 7) is 0. The monoisotopic (exact) mass is 158 g/mol. The lowest BCUT2D eigenvalue weighted by atomic mass is 10.4. The van der Waals surface area contributed by atoms with Gasteiger partial charge in [0.1, 0.15) is 11.7 Å². The van der Waals surface area contributed by atoms with Gasteiger partial charge in [-0.05, 0) is 6.07 Å². The van der Waals surface area contributed by atoms with Crippen molar-refractivity contribution in [1.82, 2.24) is 9.38 Å². The van der Waals surface area contributed by atoms with Crippen molar-refractivity contribution in [2.45, 2.75) is 0 Å². The molecule has 2 heterocycles. The van der Waals surface area contributed by atoms with E-state index < -0.39 is 0 Å². The Hall–Kier alpha value is -2.02. The average Bonchev–Trinajstić information content (AvgIpc) is 2.46. The molecule has 0 radical (unpaired) electrons. The molecule has 0 unspecified atom stereocenters. The van der Waals surface area contributed by atoms with E-state index in [1.165, 1.54) is 0 Å². The van der Waals surface area contributed by atoms with Crippen LogP contribution in [0.3, 0.4) is 0 Å². The average molecular weight is 158 g/mol. The van der Waals surface area contributed by atoms with Crippen LogP contribution >= 0.6 is 0 Å². The normalized spacial score (nSPS) is 9.92. The van der Waals surface area contributed by atoms with Gasteiger partial charge in [-0.2, -0.15) is 5.26 Å². The first-order valence-electron chi connectivity index (χ1n) is 3.44. The van der Waals surface area contributed by atoms with E-state index in [0.717, 1.165) is 0 Å². The number of anilines is 1. The highest BCUT2D eigenvalue weighted by atomic mass is 15.0. The number of nitrogen functional groups attached to an aromatic ring is 1. The van der Waals surface area contributed by atoms with Crippen LogP contribution in [0.5, 0.6) is 0 Å². The molecule has 0 amide bonds. The van der Waals surface area contributed by atoms with Crippen molar-refractivity contribution in [3.8, 4) is 6.07 Å². The fourth-order valence-corrected chi connectivity index (χ4v) is 1.05. The summed E-state index contributed by atoms with van der Waals surface area (Å²) < 4.78 is 1.76. The number of rotatable bonds is 0. The molecular formula is C8H6N4. The van der Waals surface area contributed by atoms with Gasteiger partial charge in [0.05, 0.1) is 0 Å². The van der Waals surface area contributed by atoms with Gasteiger partial charge in [-0.25, -0.2) is 4.98 Å². The second-order valence-electron chi connectivity index (χ2n) is 2.46. The lowest BCUT2D eigenvalue weighted by Crippen LogP contribution is -1.87. The zero-order valence-corrected chi connectivity index (χ0v) is 6.23. The molecule has 0 saturated carbocycles. The van der Waals surface area contributed by atoms with Gasteiger partial charge < -0.3 is 10.1 Å². The molecule has 0 fully saturated rings. The molecule has 4 nitrogen and oxygen atoms in total. The highest BCUT2D eigenvalue weighted by molar-refractivity contribution is 5.53. The van der Waals surface area contributed by atoms with E-state index in [1.54, 1.807) is 28.9 Å². The molecule has 0 saturated heterocycles. The molecule has 0 aliphatic rings. The molecule has 0 aliphatic heterocycles. The fraction of sp³-hybridized carbons (Fsp3) is 0. The Bertz CT molecular complexity index is 463. The molecule has 0 spiro atoms. The van der Waals surface area contributed by atoms with Crippen molar-refractivity contribution in [1.29, 1.82) is 5.26 Å². The zero-order chi connectivity index (χ0) is 8.55. The minimum Gasteiger partial charge on any atom is -0.399 e. The van der Waals surface area contributed by atoms with E-state index in [1.807, 2.05) is 6.07 Å². The standard InChI is InChI=1S/C8H6N4/c9-4-7-5-12-2-1-6(10)3-8(12)11-7/h1-3,5H,10H2. The molecule has 0 bridgehead atoms. The summed E-state index contributed by atoms with van der Waals surface area (Å²) in [5, 5.41) is 8.55. The van der Waals surface area contributed by atoms with Gasteiger partial charge in [0.2, 0.25) is 0 Å². The van der Waals surface area contributed by atoms with Crippen LogP contribution in [0, 0.1) is 11.3 Å². The first-order chi connectivity index (χ1) is 5.79. The van der Waals surface area contributed by atoms with Gasteiger partial charge in [-0.1, -0.05) is 0 Å². The Labute approximate surface area is 68.9 Å². The lowest BCUT2D eigenvalue weighted by Gasteiger charge is -1.92. The third-order valence-corrected chi connectivity index (χ3v) is 1.60. The molecule has 12 heavy (non-hydrogen) atoms. The maximum absolute atomic E-state index is 8.55. The largest absolute Gasteiger partial charge is 0.399 e. The Balaban J connectivity index is 2.77. The molecule has 4 heteroatoms. The maximum atomic E-state index is 8.55. The zero-order valence-electron chi connectivity index (χ0n) is 6.23. The van der Waals surface area contributed by atoms with Gasteiger partial charge >= 0.3 is 0 Å². The maximum Gasteiger partial charge on any atom is 0.159 e. The Morgan fingerprint density at radius 2 is 2.42 bits per heavy atom. The van der Waals surface area contributed by atoms with Gasteiger partial charge in [-0.15, -0.1) is 0 Å². The second-order valence-corrected chi connectivity index (χ2v) is 2.46. The van der Waals surface area contributed by atoms with E-state index in [4.69, 9.17) is 11.0 Å². The van der Waals surface area contributed by atoms with Crippen LogP contribution in [0.2, 0.25) is 0 Å². The molecule has 2 rings (SSSR count). The van der Waals surface area contributed by atoms with Crippen LogP contribution in [0.15, 0.2) is 24.5 Å². The number of fused-ring (bicyclic) bond motifs is 1. The smallest absolute Gasteiger partial charge is 0.159 e. The summed E-state index contributed by atoms with van der Waals surface area (Å²) in [6.07, 6.45) is 3.44. The van der Waals surface area contributed by atoms with E-state index in [-0.39, 0.29) is 0 Å². The predicted molar refractivity (Wildman–Crippen MR) is 44.3 cm³/mol. The van der Waals surface area contributed by atoms with Crippen molar-refractivity contribution in [2.75, 3.05) is 5.73 Å². The first-order valence-corrected chi connectivity index (χ1v) is 3.44. The number of hydrogen-bond acceptors (Lipinski definition) is 3. The minimum absolute atomic E-state index is 0.403. The van der Waals surface area contributed by atoms with E-state index >= 15 is 0 Å². The Morgan fingerprint density at radius 1 is 1.58 bits per heavy atom. The molecule has 2 aromatic rings. The number of nitrogens with two attached hydrogens (primary N) is 1. The first kappa shape index (κ1) is 6.68. The Morgan fingerprint density at radius 3 is 3.17 bits per heavy atom. The molecule has 2 N–H and O–H groups in total. The van der Waals surface area contributed by atoms with E-state index in [2.05, 4.69) is 4.98 Å². The third-order valence-electron chi connectivity index (χ3n) is 1.60. The minimum atomic E-state index is 0.403. The molecule has 2 aromatic heterocycles. The highest BCUT2D eigenvalue weighted by Crippen LogP contribution is 2.08. The Kier molecular flexibility index (Phi) is 1.25. The quantitative estimate of drug-likeness (QED) is 0.616. The highest BCUT2D eigenvalue weighted by Gasteiger charge is 1.98. The van der Waals surface area contributed by atoms with Crippen molar-refractivity contribution < 1.29 is 0 Å². The van der Waals surface area contributed by atoms with Crippen molar-refractivity contribution >= 4 is 11.3 Å². The van der Waals surface area contributed by atoms with Gasteiger partial charge in [0.25, 0.3) is 0 Å². The van der Waals surface area contributed by atoms with Crippen LogP contribution < -0.4 is 5.73 Å². The van der Waals surface area contributed by atoms with Crippen LogP contribution in [0.4, 0.5) is 5.69 Å². The summed E-state index contributed by atoms with van der Waals surface area (Å²) in [5.41, 5.74) is 7.29. The molecule has 0 atom stereocenters. The van der Waals surface area contributed by atoms with Crippen molar-refractivity contribution in [2.24, 2.45) is 0 Å². The second kappa shape index (κ2) is 2.24. The van der Waals surface area contributed by atoms with Crippen molar-refractivity contribution in [3.05, 3.63) is 30.2 Å². The topological polar surface area (TPSA) is 67.1 Å². The number of pyridine rings is 1. The predicted octanol–water partition coefficient (Wildman–Crippen LogP) is 0.788. The van der Waals surface area contributed by atoms with Crippen LogP contribution in [0.25, 0.3) is 5.65 Å².